The Labute approximate surface area is 158 Å². The van der Waals surface area contributed by atoms with E-state index in [9.17, 15) is 19.5 Å². The summed E-state index contributed by atoms with van der Waals surface area (Å²) in [5.41, 5.74) is 0.701. The number of aryl methyl sites for hydroxylation is 1. The molecule has 0 unspecified atom stereocenters. The molecule has 1 N–H and O–H groups in total. The highest BCUT2D eigenvalue weighted by molar-refractivity contribution is 5.89. The van der Waals surface area contributed by atoms with Crippen LogP contribution in [-0.2, 0) is 22.5 Å². The molecule has 144 valence electrons. The summed E-state index contributed by atoms with van der Waals surface area (Å²) in [5.74, 6) is -1.93. The van der Waals surface area contributed by atoms with Gasteiger partial charge in [0.1, 0.15) is 17.7 Å². The van der Waals surface area contributed by atoms with Gasteiger partial charge in [-0.2, -0.15) is 0 Å². The Balaban J connectivity index is 2.44. The normalized spacial score (nSPS) is 11.3. The van der Waals surface area contributed by atoms with Gasteiger partial charge in [0.15, 0.2) is 0 Å². The second-order valence-electron chi connectivity index (χ2n) is 7.41. The zero-order valence-electron chi connectivity index (χ0n) is 16.1. The second-order valence-corrected chi connectivity index (χ2v) is 7.41. The first kappa shape index (κ1) is 20.4. The van der Waals surface area contributed by atoms with Crippen molar-refractivity contribution in [2.75, 3.05) is 0 Å². The monoisotopic (exact) mass is 371 g/mol. The second kappa shape index (κ2) is 8.20. The highest BCUT2D eigenvalue weighted by Gasteiger charge is 2.20. The van der Waals surface area contributed by atoms with E-state index in [1.807, 2.05) is 24.3 Å². The molecule has 0 spiro atoms. The lowest BCUT2D eigenvalue weighted by molar-refractivity contribution is -0.155. The average Bonchev–Trinajstić information content (AvgIpc) is 2.55. The van der Waals surface area contributed by atoms with Crippen molar-refractivity contribution in [3.05, 3.63) is 58.0 Å². The van der Waals surface area contributed by atoms with Crippen LogP contribution in [0.4, 0.5) is 0 Å². The maximum atomic E-state index is 12.4. The third-order valence-corrected chi connectivity index (χ3v) is 3.86. The van der Waals surface area contributed by atoms with Gasteiger partial charge in [-0.25, -0.2) is 4.79 Å². The largest absolute Gasteiger partial charge is 0.477 e. The number of benzene rings is 1. The molecule has 27 heavy (non-hydrogen) atoms. The van der Waals surface area contributed by atoms with Crippen molar-refractivity contribution >= 4 is 11.9 Å². The lowest BCUT2D eigenvalue weighted by atomic mass is 10.0. The van der Waals surface area contributed by atoms with Gasteiger partial charge in [-0.1, -0.05) is 37.6 Å². The first-order valence-corrected chi connectivity index (χ1v) is 8.89. The number of hydrogen-bond acceptors (Lipinski definition) is 4. The molecule has 0 aliphatic carbocycles. The summed E-state index contributed by atoms with van der Waals surface area (Å²) in [4.78, 5) is 36.0. The molecule has 0 atom stereocenters. The van der Waals surface area contributed by atoms with Crippen molar-refractivity contribution in [3.63, 3.8) is 0 Å². The molecule has 1 aromatic heterocycles. The number of aromatic carboxylic acids is 1. The molecule has 0 radical (unpaired) electrons. The number of aromatic nitrogens is 1. The van der Waals surface area contributed by atoms with Crippen molar-refractivity contribution < 1.29 is 19.4 Å². The van der Waals surface area contributed by atoms with E-state index in [4.69, 9.17) is 4.74 Å². The zero-order chi connectivity index (χ0) is 20.2. The van der Waals surface area contributed by atoms with E-state index in [0.717, 1.165) is 23.0 Å². The Kier molecular flexibility index (Phi) is 6.20. The smallest absolute Gasteiger partial charge is 0.341 e. The third kappa shape index (κ3) is 5.54. The third-order valence-electron chi connectivity index (χ3n) is 3.86. The number of carboxylic acid groups (broad SMARTS) is 1. The number of carbonyl (C=O) groups excluding carboxylic acids is 1. The van der Waals surface area contributed by atoms with Crippen molar-refractivity contribution in [1.82, 2.24) is 4.57 Å². The van der Waals surface area contributed by atoms with E-state index in [2.05, 4.69) is 6.92 Å². The van der Waals surface area contributed by atoms with Crippen molar-refractivity contribution in [3.8, 4) is 11.1 Å². The van der Waals surface area contributed by atoms with Crippen LogP contribution in [0.25, 0.3) is 11.1 Å². The number of carbonyl (C=O) groups is 2. The van der Waals surface area contributed by atoms with E-state index < -0.39 is 23.1 Å². The summed E-state index contributed by atoms with van der Waals surface area (Å²) < 4.78 is 6.33. The fourth-order valence-corrected chi connectivity index (χ4v) is 2.73. The summed E-state index contributed by atoms with van der Waals surface area (Å²) in [5, 5.41) is 9.37. The van der Waals surface area contributed by atoms with Crippen molar-refractivity contribution in [1.29, 1.82) is 0 Å². The molecule has 2 aromatic rings. The van der Waals surface area contributed by atoms with E-state index in [1.54, 1.807) is 20.8 Å². The maximum absolute atomic E-state index is 12.4. The van der Waals surface area contributed by atoms with Gasteiger partial charge in [0, 0.05) is 6.20 Å². The lowest BCUT2D eigenvalue weighted by Gasteiger charge is -2.20. The van der Waals surface area contributed by atoms with Crippen LogP contribution in [0.1, 0.15) is 50.0 Å². The van der Waals surface area contributed by atoms with Gasteiger partial charge in [-0.15, -0.1) is 0 Å². The summed E-state index contributed by atoms with van der Waals surface area (Å²) in [6.45, 7) is 6.93. The van der Waals surface area contributed by atoms with Crippen LogP contribution in [0.15, 0.2) is 41.3 Å². The SMILES string of the molecule is CCCc1ccc(-c2cc(C(=O)O)c(=O)n(CC(=O)OC(C)(C)C)c2)cc1. The van der Waals surface area contributed by atoms with Crippen LogP contribution < -0.4 is 5.56 Å². The predicted octanol–water partition coefficient (Wildman–Crippen LogP) is 3.51. The van der Waals surface area contributed by atoms with Crippen LogP contribution in [0.5, 0.6) is 0 Å². The number of hydrogen-bond donors (Lipinski definition) is 1. The minimum Gasteiger partial charge on any atom is -0.477 e. The molecule has 1 heterocycles. The van der Waals surface area contributed by atoms with E-state index in [1.165, 1.54) is 17.8 Å². The number of rotatable bonds is 6. The molecule has 0 bridgehead atoms. The molecular formula is C21H25NO5. The average molecular weight is 371 g/mol. The summed E-state index contributed by atoms with van der Waals surface area (Å²) in [7, 11) is 0. The van der Waals surface area contributed by atoms with Crippen LogP contribution >= 0.6 is 0 Å². The number of nitrogens with zero attached hydrogens (tertiary/aromatic N) is 1. The Morgan fingerprint density at radius 3 is 2.26 bits per heavy atom. The molecule has 0 saturated heterocycles. The predicted molar refractivity (Wildman–Crippen MR) is 103 cm³/mol. The van der Waals surface area contributed by atoms with E-state index >= 15 is 0 Å². The standard InChI is InChI=1S/C21H25NO5/c1-5-6-14-7-9-15(10-8-14)16-11-17(20(25)26)19(24)22(12-16)13-18(23)27-21(2,3)4/h7-12H,5-6,13H2,1-4H3,(H,25,26). The molecule has 0 saturated carbocycles. The Morgan fingerprint density at radius 2 is 1.74 bits per heavy atom. The van der Waals surface area contributed by atoms with Gasteiger partial charge >= 0.3 is 11.9 Å². The fourth-order valence-electron chi connectivity index (χ4n) is 2.73. The quantitative estimate of drug-likeness (QED) is 0.786. The number of carboxylic acids is 1. The van der Waals surface area contributed by atoms with Crippen molar-refractivity contribution in [2.24, 2.45) is 0 Å². The Morgan fingerprint density at radius 1 is 1.11 bits per heavy atom. The molecule has 6 heteroatoms. The lowest BCUT2D eigenvalue weighted by Crippen LogP contribution is -2.32. The van der Waals surface area contributed by atoms with Gasteiger partial charge in [0.25, 0.3) is 5.56 Å². The van der Waals surface area contributed by atoms with Crippen LogP contribution in [0, 0.1) is 0 Å². The van der Waals surface area contributed by atoms with Crippen LogP contribution in [0.2, 0.25) is 0 Å². The molecule has 1 aromatic carbocycles. The van der Waals surface area contributed by atoms with Crippen LogP contribution in [0.3, 0.4) is 0 Å². The molecule has 6 nitrogen and oxygen atoms in total. The van der Waals surface area contributed by atoms with E-state index in [-0.39, 0.29) is 12.1 Å². The van der Waals surface area contributed by atoms with E-state index in [0.29, 0.717) is 5.56 Å². The molecule has 0 aliphatic rings. The molecule has 0 aliphatic heterocycles. The van der Waals surface area contributed by atoms with Crippen molar-refractivity contribution in [2.45, 2.75) is 52.7 Å². The summed E-state index contributed by atoms with van der Waals surface area (Å²) in [6.07, 6.45) is 3.48. The topological polar surface area (TPSA) is 85.6 Å². The summed E-state index contributed by atoms with van der Waals surface area (Å²) >= 11 is 0. The number of esters is 1. The highest BCUT2D eigenvalue weighted by Crippen LogP contribution is 2.21. The van der Waals surface area contributed by atoms with Gasteiger partial charge in [0.2, 0.25) is 0 Å². The first-order valence-electron chi connectivity index (χ1n) is 8.89. The van der Waals surface area contributed by atoms with Gasteiger partial charge < -0.3 is 14.4 Å². The highest BCUT2D eigenvalue weighted by atomic mass is 16.6. The first-order chi connectivity index (χ1) is 12.6. The maximum Gasteiger partial charge on any atom is 0.341 e. The molecule has 0 fully saturated rings. The Bertz CT molecular complexity index is 888. The van der Waals surface area contributed by atoms with Gasteiger partial charge in [-0.3, -0.25) is 9.59 Å². The molecule has 2 rings (SSSR count). The summed E-state index contributed by atoms with van der Waals surface area (Å²) in [6, 6.07) is 9.05. The fraction of sp³-hybridized carbons (Fsp3) is 0.381. The zero-order valence-corrected chi connectivity index (χ0v) is 16.1. The van der Waals surface area contributed by atoms with Gasteiger partial charge in [0.05, 0.1) is 0 Å². The van der Waals surface area contributed by atoms with Crippen LogP contribution in [-0.4, -0.2) is 27.2 Å². The minimum atomic E-state index is -1.33. The number of ether oxygens (including phenoxy) is 1. The number of pyridine rings is 1. The molecular weight excluding hydrogens is 346 g/mol. The Hall–Kier alpha value is -2.89. The van der Waals surface area contributed by atoms with Gasteiger partial charge in [-0.05, 0) is 49.9 Å². The molecule has 0 amide bonds. The minimum absolute atomic E-state index is 0.349.